The number of methoxy groups -OCH3 is 1. The lowest BCUT2D eigenvalue weighted by Crippen LogP contribution is -2.56. The van der Waals surface area contributed by atoms with Crippen molar-refractivity contribution in [2.45, 2.75) is 71.9 Å². The number of amides is 1. The molecule has 39 heavy (non-hydrogen) atoms. The summed E-state index contributed by atoms with van der Waals surface area (Å²) in [6.07, 6.45) is -0.906. The molecule has 2 N–H and O–H groups in total. The van der Waals surface area contributed by atoms with Gasteiger partial charge in [0.15, 0.2) is 0 Å². The molecular formula is C27H33FN4O6S. The number of fused-ring (bicyclic) bond motifs is 1. The minimum atomic E-state index is -1.57. The molecule has 0 saturated carbocycles. The van der Waals surface area contributed by atoms with Crippen LogP contribution in [0.4, 0.5) is 4.39 Å². The number of rotatable bonds is 11. The van der Waals surface area contributed by atoms with E-state index in [0.29, 0.717) is 21.8 Å². The first-order chi connectivity index (χ1) is 18.4. The number of carbonyl (C=O) groups excluding carboxylic acids is 1. The molecule has 10 nitrogen and oxygen atoms in total. The fourth-order valence-electron chi connectivity index (χ4n) is 4.35. The monoisotopic (exact) mass is 560 g/mol. The van der Waals surface area contributed by atoms with Crippen LogP contribution in [0, 0.1) is 24.1 Å². The third kappa shape index (κ3) is 5.90. The summed E-state index contributed by atoms with van der Waals surface area (Å²) < 4.78 is 27.9. The maximum atomic E-state index is 14.3. The molecule has 2 aromatic heterocycles. The molecule has 1 atom stereocenters. The summed E-state index contributed by atoms with van der Waals surface area (Å²) in [7, 11) is 1.42. The molecule has 1 aromatic carbocycles. The number of nitrogens with one attached hydrogen (secondary N) is 1. The average Bonchev–Trinajstić information content (AvgIpc) is 3.21. The van der Waals surface area contributed by atoms with Crippen molar-refractivity contribution >= 4 is 27.5 Å². The topological polar surface area (TPSA) is 136 Å². The van der Waals surface area contributed by atoms with Crippen LogP contribution in [0.15, 0.2) is 27.8 Å². The number of ether oxygens (including phenoxy) is 2. The fraction of sp³-hybridized carbons (Fsp3) is 0.481. The molecule has 12 heteroatoms. The van der Waals surface area contributed by atoms with Crippen molar-refractivity contribution in [1.82, 2.24) is 14.5 Å². The summed E-state index contributed by atoms with van der Waals surface area (Å²) in [5.74, 6) is -0.763. The Morgan fingerprint density at radius 1 is 1.31 bits per heavy atom. The Bertz CT molecular complexity index is 1530. The van der Waals surface area contributed by atoms with Crippen LogP contribution in [0.2, 0.25) is 0 Å². The molecule has 0 bridgehead atoms. The molecule has 0 fully saturated rings. The Labute approximate surface area is 229 Å². The molecule has 0 aliphatic heterocycles. The highest BCUT2D eigenvalue weighted by Crippen LogP contribution is 2.33. The third-order valence-electron chi connectivity index (χ3n) is 6.41. The van der Waals surface area contributed by atoms with Crippen molar-refractivity contribution in [2.75, 3.05) is 13.7 Å². The van der Waals surface area contributed by atoms with E-state index in [1.165, 1.54) is 43.7 Å². The molecule has 0 aliphatic rings. The van der Waals surface area contributed by atoms with Gasteiger partial charge in [0, 0.05) is 16.5 Å². The molecule has 1 amide bonds. The highest BCUT2D eigenvalue weighted by Gasteiger charge is 2.36. The minimum Gasteiger partial charge on any atom is -0.496 e. The van der Waals surface area contributed by atoms with E-state index in [4.69, 9.17) is 14.7 Å². The molecule has 3 aromatic rings. The second-order valence-corrected chi connectivity index (χ2v) is 10.9. The van der Waals surface area contributed by atoms with Gasteiger partial charge in [-0.2, -0.15) is 5.26 Å². The predicted octanol–water partition coefficient (Wildman–Crippen LogP) is 3.10. The number of nitriles is 1. The van der Waals surface area contributed by atoms with Gasteiger partial charge in [-0.3, -0.25) is 14.2 Å². The van der Waals surface area contributed by atoms with Crippen LogP contribution in [0.1, 0.15) is 56.2 Å². The van der Waals surface area contributed by atoms with Crippen molar-refractivity contribution in [3.8, 4) is 11.8 Å². The van der Waals surface area contributed by atoms with Crippen LogP contribution < -0.4 is 21.3 Å². The number of hydrogen-bond acceptors (Lipinski definition) is 8. The Morgan fingerprint density at radius 2 is 2.00 bits per heavy atom. The van der Waals surface area contributed by atoms with E-state index >= 15 is 0 Å². The van der Waals surface area contributed by atoms with E-state index in [1.807, 2.05) is 6.07 Å². The number of nitrogens with zero attached hydrogens (tertiary/aromatic N) is 3. The minimum absolute atomic E-state index is 0.00792. The summed E-state index contributed by atoms with van der Waals surface area (Å²) >= 11 is 1.08. The smallest absolute Gasteiger partial charge is 0.333 e. The molecule has 0 saturated heterocycles. The summed E-state index contributed by atoms with van der Waals surface area (Å²) in [5.41, 5.74) is -2.20. The van der Waals surface area contributed by atoms with Crippen LogP contribution in [-0.2, 0) is 28.2 Å². The highest BCUT2D eigenvalue weighted by atomic mass is 32.1. The van der Waals surface area contributed by atoms with Crippen molar-refractivity contribution in [3.63, 3.8) is 0 Å². The number of aryl methyl sites for hydroxylation is 1. The van der Waals surface area contributed by atoms with E-state index in [0.717, 1.165) is 15.9 Å². The SMILES string of the molecule is COc1ccc(F)cc1[C@H](Cn1c(=O)n(C(C)(C)C(=O)NC(C)C)c(=O)c2c(C)c(CO)sc21)OCCC#N. The maximum Gasteiger partial charge on any atom is 0.333 e. The number of hydrogen-bond donors (Lipinski definition) is 2. The average molecular weight is 561 g/mol. The summed E-state index contributed by atoms with van der Waals surface area (Å²) in [6, 6.07) is 5.64. The van der Waals surface area contributed by atoms with E-state index in [-0.39, 0.29) is 42.4 Å². The van der Waals surface area contributed by atoms with Crippen LogP contribution in [-0.4, -0.2) is 39.9 Å². The van der Waals surface area contributed by atoms with Gasteiger partial charge in [0.25, 0.3) is 5.56 Å². The van der Waals surface area contributed by atoms with Crippen LogP contribution in [0.5, 0.6) is 5.75 Å². The van der Waals surface area contributed by atoms with Crippen molar-refractivity contribution in [2.24, 2.45) is 0 Å². The Balaban J connectivity index is 2.34. The number of carbonyl (C=O) groups is 1. The zero-order valence-corrected chi connectivity index (χ0v) is 23.6. The number of benzene rings is 1. The van der Waals surface area contributed by atoms with Gasteiger partial charge in [-0.05, 0) is 58.4 Å². The van der Waals surface area contributed by atoms with Gasteiger partial charge in [0.2, 0.25) is 5.91 Å². The van der Waals surface area contributed by atoms with E-state index in [1.54, 1.807) is 20.8 Å². The molecule has 2 heterocycles. The van der Waals surface area contributed by atoms with Crippen molar-refractivity contribution in [3.05, 3.63) is 60.9 Å². The third-order valence-corrected chi connectivity index (χ3v) is 7.71. The number of halogens is 1. The van der Waals surface area contributed by atoms with Gasteiger partial charge in [-0.1, -0.05) is 0 Å². The fourth-order valence-corrected chi connectivity index (χ4v) is 5.51. The molecule has 0 radical (unpaired) electrons. The summed E-state index contributed by atoms with van der Waals surface area (Å²) in [6.45, 7) is 7.62. The summed E-state index contributed by atoms with van der Waals surface area (Å²) in [4.78, 5) is 41.7. The molecule has 0 unspecified atom stereocenters. The zero-order valence-electron chi connectivity index (χ0n) is 22.8. The van der Waals surface area contributed by atoms with Crippen molar-refractivity contribution < 1.29 is 23.8 Å². The molecule has 0 spiro atoms. The number of thiophene rings is 1. The van der Waals surface area contributed by atoms with Gasteiger partial charge < -0.3 is 19.9 Å². The molecule has 0 aliphatic carbocycles. The lowest BCUT2D eigenvalue weighted by molar-refractivity contribution is -0.129. The van der Waals surface area contributed by atoms with Gasteiger partial charge in [0.05, 0.1) is 44.7 Å². The highest BCUT2D eigenvalue weighted by molar-refractivity contribution is 7.18. The largest absolute Gasteiger partial charge is 0.496 e. The van der Waals surface area contributed by atoms with Gasteiger partial charge in [0.1, 0.15) is 28.0 Å². The molecular weight excluding hydrogens is 527 g/mol. The van der Waals surface area contributed by atoms with Gasteiger partial charge >= 0.3 is 5.69 Å². The van der Waals surface area contributed by atoms with Crippen LogP contribution >= 0.6 is 11.3 Å². The predicted molar refractivity (Wildman–Crippen MR) is 145 cm³/mol. The van der Waals surface area contributed by atoms with E-state index in [9.17, 15) is 23.9 Å². The maximum absolute atomic E-state index is 14.3. The number of aromatic nitrogens is 2. The van der Waals surface area contributed by atoms with E-state index in [2.05, 4.69) is 5.32 Å². The number of aliphatic hydroxyl groups is 1. The zero-order chi connectivity index (χ0) is 29.1. The van der Waals surface area contributed by atoms with Gasteiger partial charge in [-0.15, -0.1) is 11.3 Å². The standard InChI is InChI=1S/C27H33FN4O6S/c1-15(2)30-25(35)27(4,5)32-23(34)22-16(3)21(14-33)39-24(22)31(26(32)36)13-20(38-11-7-10-29)18-12-17(28)8-9-19(18)37-6/h8-9,12,15,20,33H,7,11,13-14H2,1-6H3,(H,30,35)/t20-/m0/s1. The Kier molecular flexibility index (Phi) is 9.32. The lowest BCUT2D eigenvalue weighted by Gasteiger charge is -2.28. The van der Waals surface area contributed by atoms with Crippen LogP contribution in [0.3, 0.4) is 0 Å². The van der Waals surface area contributed by atoms with Crippen molar-refractivity contribution in [1.29, 1.82) is 5.26 Å². The normalized spacial score (nSPS) is 12.5. The van der Waals surface area contributed by atoms with Gasteiger partial charge in [-0.25, -0.2) is 13.8 Å². The Hall–Kier alpha value is -3.53. The second kappa shape index (κ2) is 12.1. The molecule has 3 rings (SSSR count). The Morgan fingerprint density at radius 3 is 2.59 bits per heavy atom. The second-order valence-electron chi connectivity index (χ2n) is 9.86. The van der Waals surface area contributed by atoms with Crippen LogP contribution in [0.25, 0.3) is 10.2 Å². The first-order valence-corrected chi connectivity index (χ1v) is 13.2. The molecule has 210 valence electrons. The first-order valence-electron chi connectivity index (χ1n) is 12.4. The lowest BCUT2D eigenvalue weighted by atomic mass is 10.0. The quantitative estimate of drug-likeness (QED) is 0.344. The summed E-state index contributed by atoms with van der Waals surface area (Å²) in [5, 5.41) is 21.9. The first kappa shape index (κ1) is 30.0. The number of aliphatic hydroxyl groups excluding tert-OH is 1. The van der Waals surface area contributed by atoms with E-state index < -0.39 is 34.6 Å².